The van der Waals surface area contributed by atoms with Gasteiger partial charge >= 0.3 is 0 Å². The minimum atomic E-state index is -0.0978. The molecule has 0 bridgehead atoms. The molecule has 1 aromatic rings. The lowest BCUT2D eigenvalue weighted by molar-refractivity contribution is -0.123. The molecule has 2 N–H and O–H groups in total. The summed E-state index contributed by atoms with van der Waals surface area (Å²) in [6.45, 7) is 4.31. The van der Waals surface area contributed by atoms with E-state index in [1.807, 2.05) is 30.3 Å². The van der Waals surface area contributed by atoms with E-state index in [1.165, 1.54) is 0 Å². The van der Waals surface area contributed by atoms with Gasteiger partial charge in [0, 0.05) is 13.7 Å². The molecule has 1 aliphatic heterocycles. The number of benzene rings is 1. The van der Waals surface area contributed by atoms with Crippen molar-refractivity contribution in [3.8, 4) is 0 Å². The van der Waals surface area contributed by atoms with E-state index in [0.29, 0.717) is 13.2 Å². The lowest BCUT2D eigenvalue weighted by Gasteiger charge is -2.29. The lowest BCUT2D eigenvalue weighted by Crippen LogP contribution is -2.53. The molecule has 2 rings (SSSR count). The number of rotatable bonds is 7. The highest BCUT2D eigenvalue weighted by atomic mass is 35.5. The third-order valence-electron chi connectivity index (χ3n) is 4.28. The van der Waals surface area contributed by atoms with Crippen LogP contribution in [0.4, 0.5) is 0 Å². The number of hydrogen-bond acceptors (Lipinski definition) is 3. The van der Waals surface area contributed by atoms with Gasteiger partial charge in [-0.1, -0.05) is 37.3 Å². The van der Waals surface area contributed by atoms with Crippen molar-refractivity contribution in [2.75, 3.05) is 26.8 Å². The molecule has 1 aliphatic rings. The van der Waals surface area contributed by atoms with Crippen molar-refractivity contribution in [1.29, 1.82) is 0 Å². The monoisotopic (exact) mass is 326 g/mol. The molecule has 2 atom stereocenters. The molecule has 4 nitrogen and oxygen atoms in total. The second-order valence-electron chi connectivity index (χ2n) is 5.83. The molecule has 0 saturated carbocycles. The summed E-state index contributed by atoms with van der Waals surface area (Å²) in [7, 11) is 1.71. The predicted molar refractivity (Wildman–Crippen MR) is 91.6 cm³/mol. The summed E-state index contributed by atoms with van der Waals surface area (Å²) in [6.07, 6.45) is 2.99. The van der Waals surface area contributed by atoms with Crippen LogP contribution in [0.1, 0.15) is 37.7 Å². The first-order valence-corrected chi connectivity index (χ1v) is 7.77. The Labute approximate surface area is 139 Å². The van der Waals surface area contributed by atoms with E-state index >= 15 is 0 Å². The quantitative estimate of drug-likeness (QED) is 0.809. The minimum Gasteiger partial charge on any atom is -0.383 e. The van der Waals surface area contributed by atoms with Crippen LogP contribution in [0.15, 0.2) is 30.3 Å². The maximum Gasteiger partial charge on any atom is 0.227 e. The van der Waals surface area contributed by atoms with Crippen molar-refractivity contribution in [3.63, 3.8) is 0 Å². The fourth-order valence-corrected chi connectivity index (χ4v) is 3.11. The Morgan fingerprint density at radius 1 is 1.41 bits per heavy atom. The Balaban J connectivity index is 0.00000242. The summed E-state index contributed by atoms with van der Waals surface area (Å²) in [5.74, 6) is 0.0278. The second-order valence-corrected chi connectivity index (χ2v) is 5.83. The normalized spacial score (nSPS) is 21.9. The maximum absolute atomic E-state index is 12.5. The van der Waals surface area contributed by atoms with E-state index < -0.39 is 0 Å². The number of methoxy groups -OCH3 is 1. The van der Waals surface area contributed by atoms with Gasteiger partial charge in [0.05, 0.1) is 18.1 Å². The zero-order chi connectivity index (χ0) is 15.1. The molecular weight excluding hydrogens is 300 g/mol. The van der Waals surface area contributed by atoms with Gasteiger partial charge in [0.1, 0.15) is 0 Å². The molecule has 0 radical (unpaired) electrons. The maximum atomic E-state index is 12.5. The van der Waals surface area contributed by atoms with Gasteiger partial charge < -0.3 is 15.4 Å². The average molecular weight is 327 g/mol. The zero-order valence-electron chi connectivity index (χ0n) is 13.4. The Morgan fingerprint density at radius 2 is 2.14 bits per heavy atom. The highest BCUT2D eigenvalue weighted by molar-refractivity contribution is 5.85. The second kappa shape index (κ2) is 9.13. The Bertz CT molecular complexity index is 447. The van der Waals surface area contributed by atoms with Gasteiger partial charge in [-0.25, -0.2) is 0 Å². The molecule has 0 aromatic heterocycles. The highest BCUT2D eigenvalue weighted by Crippen LogP contribution is 2.22. The van der Waals surface area contributed by atoms with Crippen LogP contribution in [-0.2, 0) is 9.53 Å². The summed E-state index contributed by atoms with van der Waals surface area (Å²) in [4.78, 5) is 12.5. The molecule has 0 spiro atoms. The number of nitrogens with one attached hydrogen (secondary N) is 2. The Morgan fingerprint density at radius 3 is 2.68 bits per heavy atom. The van der Waals surface area contributed by atoms with Crippen LogP contribution in [0.2, 0.25) is 0 Å². The Hall–Kier alpha value is -1.10. The van der Waals surface area contributed by atoms with Crippen LogP contribution in [0.3, 0.4) is 0 Å². The molecule has 0 aliphatic carbocycles. The van der Waals surface area contributed by atoms with E-state index in [-0.39, 0.29) is 29.8 Å². The van der Waals surface area contributed by atoms with Crippen molar-refractivity contribution in [2.24, 2.45) is 0 Å². The van der Waals surface area contributed by atoms with Crippen LogP contribution < -0.4 is 10.6 Å². The van der Waals surface area contributed by atoms with E-state index in [4.69, 9.17) is 4.74 Å². The standard InChI is InChI=1S/C17H26N2O2.ClH/c1-3-15(14-8-5-4-6-9-14)16(20)18-12-17(13-21-2)10-7-11-19-17;/h4-6,8-9,15,19H,3,7,10-13H2,1-2H3,(H,18,20);1H. The molecule has 5 heteroatoms. The number of hydrogen-bond donors (Lipinski definition) is 2. The Kier molecular flexibility index (Phi) is 7.87. The van der Waals surface area contributed by atoms with Crippen molar-refractivity contribution < 1.29 is 9.53 Å². The molecule has 22 heavy (non-hydrogen) atoms. The molecule has 1 aromatic carbocycles. The van der Waals surface area contributed by atoms with Crippen LogP contribution in [0.5, 0.6) is 0 Å². The fourth-order valence-electron chi connectivity index (χ4n) is 3.11. The average Bonchev–Trinajstić information content (AvgIpc) is 2.96. The molecular formula is C17H27ClN2O2. The summed E-state index contributed by atoms with van der Waals surface area (Å²) in [5, 5.41) is 6.60. The SMILES string of the molecule is CCC(C(=O)NCC1(COC)CCCN1)c1ccccc1.Cl. The number of amides is 1. The van der Waals surface area contributed by atoms with Crippen molar-refractivity contribution >= 4 is 18.3 Å². The first kappa shape index (κ1) is 18.9. The number of carbonyl (C=O) groups excluding carboxylic acids is 1. The van der Waals surface area contributed by atoms with Gasteiger partial charge in [-0.15, -0.1) is 12.4 Å². The van der Waals surface area contributed by atoms with Gasteiger partial charge in [0.2, 0.25) is 5.91 Å². The van der Waals surface area contributed by atoms with Crippen LogP contribution in [0, 0.1) is 0 Å². The van der Waals surface area contributed by atoms with Gasteiger partial charge in [-0.3, -0.25) is 4.79 Å². The summed E-state index contributed by atoms with van der Waals surface area (Å²) >= 11 is 0. The van der Waals surface area contributed by atoms with Gasteiger partial charge in [0.15, 0.2) is 0 Å². The van der Waals surface area contributed by atoms with Crippen molar-refractivity contribution in [2.45, 2.75) is 37.6 Å². The molecule has 2 unspecified atom stereocenters. The van der Waals surface area contributed by atoms with E-state index in [0.717, 1.165) is 31.4 Å². The zero-order valence-corrected chi connectivity index (χ0v) is 14.2. The van der Waals surface area contributed by atoms with Gasteiger partial charge in [-0.05, 0) is 31.4 Å². The molecule has 1 amide bonds. The van der Waals surface area contributed by atoms with Crippen LogP contribution in [-0.4, -0.2) is 38.3 Å². The van der Waals surface area contributed by atoms with Gasteiger partial charge in [0.25, 0.3) is 0 Å². The minimum absolute atomic E-state index is 0. The van der Waals surface area contributed by atoms with Gasteiger partial charge in [-0.2, -0.15) is 0 Å². The highest BCUT2D eigenvalue weighted by Gasteiger charge is 2.34. The predicted octanol–water partition coefficient (Wildman–Crippen LogP) is 2.49. The fraction of sp³-hybridized carbons (Fsp3) is 0.588. The van der Waals surface area contributed by atoms with Crippen molar-refractivity contribution in [1.82, 2.24) is 10.6 Å². The molecule has 1 fully saturated rings. The van der Waals surface area contributed by atoms with E-state index in [1.54, 1.807) is 7.11 Å². The topological polar surface area (TPSA) is 50.4 Å². The van der Waals surface area contributed by atoms with E-state index in [2.05, 4.69) is 17.6 Å². The van der Waals surface area contributed by atoms with Crippen LogP contribution >= 0.6 is 12.4 Å². The van der Waals surface area contributed by atoms with E-state index in [9.17, 15) is 4.79 Å². The molecule has 1 heterocycles. The summed E-state index contributed by atoms with van der Waals surface area (Å²) in [5.41, 5.74) is 0.983. The third kappa shape index (κ3) is 4.70. The largest absolute Gasteiger partial charge is 0.383 e. The number of carbonyl (C=O) groups is 1. The summed E-state index contributed by atoms with van der Waals surface area (Å²) in [6, 6.07) is 9.98. The smallest absolute Gasteiger partial charge is 0.227 e. The molecule has 124 valence electrons. The lowest BCUT2D eigenvalue weighted by atomic mass is 9.94. The molecule has 1 saturated heterocycles. The number of ether oxygens (including phenoxy) is 1. The summed E-state index contributed by atoms with van der Waals surface area (Å²) < 4.78 is 5.32. The van der Waals surface area contributed by atoms with Crippen LogP contribution in [0.25, 0.3) is 0 Å². The third-order valence-corrected chi connectivity index (χ3v) is 4.28. The number of halogens is 1. The van der Waals surface area contributed by atoms with Crippen molar-refractivity contribution in [3.05, 3.63) is 35.9 Å². The first-order valence-electron chi connectivity index (χ1n) is 7.77. The first-order chi connectivity index (χ1) is 10.2.